The Morgan fingerprint density at radius 2 is 2.14 bits per heavy atom. The number of piperidine rings is 1. The Morgan fingerprint density at radius 3 is 2.77 bits per heavy atom. The molecular weight excluding hydrogens is 278 g/mol. The molecule has 1 atom stereocenters. The Hall–Kier alpha value is -1.69. The molecule has 0 aromatic carbocycles. The lowest BCUT2D eigenvalue weighted by atomic mass is 10.0. The number of amides is 1. The van der Waals surface area contributed by atoms with Crippen LogP contribution in [-0.2, 0) is 4.79 Å². The second kappa shape index (κ2) is 6.60. The number of carbonyl (C=O) groups is 1. The molecule has 2 saturated heterocycles. The maximum absolute atomic E-state index is 11.3. The first-order chi connectivity index (χ1) is 10.6. The summed E-state index contributed by atoms with van der Waals surface area (Å²) in [6.07, 6.45) is 4.63. The third-order valence-corrected chi connectivity index (χ3v) is 4.83. The molecule has 1 aromatic heterocycles. The van der Waals surface area contributed by atoms with Crippen molar-refractivity contribution < 1.29 is 4.79 Å². The lowest BCUT2D eigenvalue weighted by molar-refractivity contribution is -0.119. The first-order valence-corrected chi connectivity index (χ1v) is 8.12. The van der Waals surface area contributed by atoms with Gasteiger partial charge in [-0.15, -0.1) is 0 Å². The van der Waals surface area contributed by atoms with Gasteiger partial charge >= 0.3 is 0 Å². The second-order valence-electron chi connectivity index (χ2n) is 6.53. The van der Waals surface area contributed by atoms with Crippen LogP contribution in [0.2, 0.25) is 0 Å². The van der Waals surface area contributed by atoms with E-state index in [1.165, 1.54) is 0 Å². The summed E-state index contributed by atoms with van der Waals surface area (Å²) in [5.41, 5.74) is 1.01. The molecule has 0 radical (unpaired) electrons. The molecule has 0 bridgehead atoms. The molecule has 1 unspecified atom stereocenters. The summed E-state index contributed by atoms with van der Waals surface area (Å²) in [5, 5.41) is 2.92. The molecule has 22 heavy (non-hydrogen) atoms. The molecule has 0 spiro atoms. The maximum atomic E-state index is 11.3. The number of nitrogens with one attached hydrogen (secondary N) is 1. The normalized spacial score (nSPS) is 23.5. The second-order valence-corrected chi connectivity index (χ2v) is 6.53. The van der Waals surface area contributed by atoms with E-state index in [-0.39, 0.29) is 5.91 Å². The van der Waals surface area contributed by atoms with Crippen molar-refractivity contribution in [3.8, 4) is 0 Å². The summed E-state index contributed by atoms with van der Waals surface area (Å²) in [7, 11) is 2.13. The molecule has 0 saturated carbocycles. The van der Waals surface area contributed by atoms with Gasteiger partial charge in [-0.3, -0.25) is 4.79 Å². The molecule has 2 fully saturated rings. The SMILES string of the molecule is Cc1cc(N(C)C2CCN(CC3CNC(=O)C3)CC2)ncn1. The highest BCUT2D eigenvalue weighted by atomic mass is 16.1. The minimum atomic E-state index is 0.207. The first-order valence-electron chi connectivity index (χ1n) is 8.12. The van der Waals surface area contributed by atoms with Crippen LogP contribution in [0, 0.1) is 12.8 Å². The molecule has 1 amide bonds. The van der Waals surface area contributed by atoms with E-state index < -0.39 is 0 Å². The maximum Gasteiger partial charge on any atom is 0.220 e. The fraction of sp³-hybridized carbons (Fsp3) is 0.688. The average molecular weight is 303 g/mol. The largest absolute Gasteiger partial charge is 0.356 e. The molecule has 6 nitrogen and oxygen atoms in total. The Balaban J connectivity index is 1.50. The number of likely N-dealkylation sites (tertiary alicyclic amines) is 1. The van der Waals surface area contributed by atoms with Gasteiger partial charge in [0.05, 0.1) is 0 Å². The molecule has 2 aliphatic rings. The van der Waals surface area contributed by atoms with Crippen molar-refractivity contribution in [2.75, 3.05) is 38.1 Å². The number of rotatable bonds is 4. The van der Waals surface area contributed by atoms with E-state index in [9.17, 15) is 4.79 Å². The summed E-state index contributed by atoms with van der Waals surface area (Å²) in [6, 6.07) is 2.58. The van der Waals surface area contributed by atoms with E-state index in [0.717, 1.165) is 50.5 Å². The quantitative estimate of drug-likeness (QED) is 0.892. The van der Waals surface area contributed by atoms with Crippen LogP contribution in [0.5, 0.6) is 0 Å². The third-order valence-electron chi connectivity index (χ3n) is 4.83. The number of aryl methyl sites for hydroxylation is 1. The molecule has 6 heteroatoms. The number of aromatic nitrogens is 2. The number of hydrogen-bond donors (Lipinski definition) is 1. The molecule has 1 aromatic rings. The topological polar surface area (TPSA) is 61.4 Å². The van der Waals surface area contributed by atoms with Gasteiger partial charge in [0.1, 0.15) is 12.1 Å². The van der Waals surface area contributed by atoms with Gasteiger partial charge in [0.25, 0.3) is 0 Å². The van der Waals surface area contributed by atoms with Crippen molar-refractivity contribution >= 4 is 11.7 Å². The van der Waals surface area contributed by atoms with E-state index in [2.05, 4.69) is 32.1 Å². The van der Waals surface area contributed by atoms with Crippen LogP contribution in [0.3, 0.4) is 0 Å². The number of nitrogens with zero attached hydrogens (tertiary/aromatic N) is 4. The van der Waals surface area contributed by atoms with Gasteiger partial charge in [-0.05, 0) is 25.7 Å². The van der Waals surface area contributed by atoms with Gasteiger partial charge in [-0.1, -0.05) is 0 Å². The highest BCUT2D eigenvalue weighted by molar-refractivity contribution is 5.78. The zero-order valence-electron chi connectivity index (χ0n) is 13.5. The molecule has 0 aliphatic carbocycles. The van der Waals surface area contributed by atoms with Gasteiger partial charge in [-0.25, -0.2) is 9.97 Å². The minimum absolute atomic E-state index is 0.207. The molecule has 1 N–H and O–H groups in total. The van der Waals surface area contributed by atoms with Gasteiger partial charge in [0.15, 0.2) is 0 Å². The Morgan fingerprint density at radius 1 is 1.36 bits per heavy atom. The summed E-state index contributed by atoms with van der Waals surface area (Å²) in [5.74, 6) is 1.71. The van der Waals surface area contributed by atoms with Crippen molar-refractivity contribution in [1.82, 2.24) is 20.2 Å². The third kappa shape index (κ3) is 3.55. The van der Waals surface area contributed by atoms with Crippen molar-refractivity contribution in [1.29, 1.82) is 0 Å². The van der Waals surface area contributed by atoms with Gasteiger partial charge < -0.3 is 15.1 Å². The molecule has 120 valence electrons. The fourth-order valence-corrected chi connectivity index (χ4v) is 3.47. The van der Waals surface area contributed by atoms with Gasteiger partial charge in [0.2, 0.25) is 5.91 Å². The summed E-state index contributed by atoms with van der Waals surface area (Å²) < 4.78 is 0. The Kier molecular flexibility index (Phi) is 4.57. The van der Waals surface area contributed by atoms with Crippen molar-refractivity contribution in [2.24, 2.45) is 5.92 Å². The van der Waals surface area contributed by atoms with Crippen molar-refractivity contribution in [3.63, 3.8) is 0 Å². The van der Waals surface area contributed by atoms with Crippen LogP contribution in [0.25, 0.3) is 0 Å². The molecule has 2 aliphatic heterocycles. The van der Waals surface area contributed by atoms with Crippen LogP contribution in [-0.4, -0.2) is 60.0 Å². The van der Waals surface area contributed by atoms with Crippen LogP contribution in [0.15, 0.2) is 12.4 Å². The monoisotopic (exact) mass is 303 g/mol. The van der Waals surface area contributed by atoms with Crippen molar-refractivity contribution in [3.05, 3.63) is 18.1 Å². The Bertz CT molecular complexity index is 527. The average Bonchev–Trinajstić information content (AvgIpc) is 2.92. The first kappa shape index (κ1) is 15.2. The summed E-state index contributed by atoms with van der Waals surface area (Å²) >= 11 is 0. The standard InChI is InChI=1S/C16H25N5O/c1-12-7-15(19-11-18-12)20(2)14-3-5-21(6-4-14)10-13-8-16(22)17-9-13/h7,11,13-14H,3-6,8-10H2,1-2H3,(H,17,22). The van der Waals surface area contributed by atoms with Crippen LogP contribution in [0.1, 0.15) is 25.0 Å². The van der Waals surface area contributed by atoms with E-state index in [0.29, 0.717) is 18.4 Å². The van der Waals surface area contributed by atoms with Gasteiger partial charge in [-0.2, -0.15) is 0 Å². The highest BCUT2D eigenvalue weighted by Crippen LogP contribution is 2.22. The highest BCUT2D eigenvalue weighted by Gasteiger charge is 2.27. The predicted octanol–water partition coefficient (Wildman–Crippen LogP) is 0.822. The number of carbonyl (C=O) groups excluding carboxylic acids is 1. The minimum Gasteiger partial charge on any atom is -0.356 e. The van der Waals surface area contributed by atoms with Crippen LogP contribution < -0.4 is 10.2 Å². The van der Waals surface area contributed by atoms with E-state index in [1.54, 1.807) is 6.33 Å². The smallest absolute Gasteiger partial charge is 0.220 e. The summed E-state index contributed by atoms with van der Waals surface area (Å²) in [6.45, 7) is 6.09. The van der Waals surface area contributed by atoms with Crippen molar-refractivity contribution in [2.45, 2.75) is 32.2 Å². The fourth-order valence-electron chi connectivity index (χ4n) is 3.47. The van der Waals surface area contributed by atoms with Crippen LogP contribution in [0.4, 0.5) is 5.82 Å². The zero-order chi connectivity index (χ0) is 15.5. The molecular formula is C16H25N5O. The van der Waals surface area contributed by atoms with Crippen LogP contribution >= 0.6 is 0 Å². The number of hydrogen-bond acceptors (Lipinski definition) is 5. The van der Waals surface area contributed by atoms with E-state index >= 15 is 0 Å². The van der Waals surface area contributed by atoms with Gasteiger partial charge in [0, 0.05) is 57.4 Å². The van der Waals surface area contributed by atoms with E-state index in [4.69, 9.17) is 0 Å². The lowest BCUT2D eigenvalue weighted by Crippen LogP contribution is -2.45. The molecule has 3 heterocycles. The van der Waals surface area contributed by atoms with E-state index in [1.807, 2.05) is 13.0 Å². The number of anilines is 1. The Labute approximate surface area is 131 Å². The lowest BCUT2D eigenvalue weighted by Gasteiger charge is -2.38. The summed E-state index contributed by atoms with van der Waals surface area (Å²) in [4.78, 5) is 24.6. The molecule has 3 rings (SSSR count). The predicted molar refractivity (Wildman–Crippen MR) is 85.8 cm³/mol. The zero-order valence-corrected chi connectivity index (χ0v) is 13.5.